The summed E-state index contributed by atoms with van der Waals surface area (Å²) in [7, 11) is 0. The van der Waals surface area contributed by atoms with Crippen LogP contribution >= 0.6 is 0 Å². The molecular formula is C18H20N2O2. The van der Waals surface area contributed by atoms with Gasteiger partial charge in [-0.25, -0.2) is 0 Å². The highest BCUT2D eigenvalue weighted by molar-refractivity contribution is 5.89. The van der Waals surface area contributed by atoms with Crippen LogP contribution in [0.25, 0.3) is 0 Å². The molecule has 114 valence electrons. The van der Waals surface area contributed by atoms with Crippen LogP contribution in [0.5, 0.6) is 0 Å². The van der Waals surface area contributed by atoms with Crippen molar-refractivity contribution >= 4 is 23.2 Å². The van der Waals surface area contributed by atoms with Gasteiger partial charge in [-0.2, -0.15) is 0 Å². The van der Waals surface area contributed by atoms with Crippen LogP contribution < -0.4 is 10.6 Å². The minimum atomic E-state index is -0.0630. The molecular weight excluding hydrogens is 276 g/mol. The van der Waals surface area contributed by atoms with Crippen LogP contribution in [0.1, 0.15) is 25.0 Å². The van der Waals surface area contributed by atoms with E-state index in [-0.39, 0.29) is 11.8 Å². The van der Waals surface area contributed by atoms with Crippen molar-refractivity contribution in [1.29, 1.82) is 0 Å². The fraction of sp³-hybridized carbons (Fsp3) is 0.222. The Bertz CT molecular complexity index is 586. The van der Waals surface area contributed by atoms with E-state index in [1.54, 1.807) is 0 Å². The molecule has 2 aromatic rings. The zero-order valence-electron chi connectivity index (χ0n) is 12.8. The normalized spacial score (nSPS) is 10.1. The predicted octanol–water partition coefficient (Wildman–Crippen LogP) is 3.39. The Morgan fingerprint density at radius 3 is 1.27 bits per heavy atom. The van der Waals surface area contributed by atoms with E-state index < -0.39 is 0 Å². The number of amides is 2. The highest BCUT2D eigenvalue weighted by Gasteiger charge is 2.00. The van der Waals surface area contributed by atoms with Crippen molar-refractivity contribution < 1.29 is 9.59 Å². The number of aryl methyl sites for hydroxylation is 2. The topological polar surface area (TPSA) is 58.2 Å². The number of hydrogen-bond acceptors (Lipinski definition) is 2. The molecule has 0 saturated heterocycles. The molecule has 0 spiro atoms. The Hall–Kier alpha value is -2.62. The number of anilines is 2. The van der Waals surface area contributed by atoms with E-state index in [0.717, 1.165) is 24.2 Å². The number of nitrogens with one attached hydrogen (secondary N) is 2. The lowest BCUT2D eigenvalue weighted by Gasteiger charge is -2.06. The monoisotopic (exact) mass is 296 g/mol. The van der Waals surface area contributed by atoms with Gasteiger partial charge in [-0.15, -0.1) is 0 Å². The molecule has 0 aliphatic rings. The Labute approximate surface area is 130 Å². The van der Waals surface area contributed by atoms with Crippen LogP contribution in [0.3, 0.4) is 0 Å². The summed E-state index contributed by atoms with van der Waals surface area (Å²) in [5.74, 6) is -0.126. The first-order valence-corrected chi connectivity index (χ1v) is 7.26. The molecule has 2 rings (SSSR count). The smallest absolute Gasteiger partial charge is 0.221 e. The lowest BCUT2D eigenvalue weighted by Crippen LogP contribution is -2.05. The van der Waals surface area contributed by atoms with Crippen LogP contribution in [-0.4, -0.2) is 11.8 Å². The van der Waals surface area contributed by atoms with Gasteiger partial charge in [0.15, 0.2) is 0 Å². The second kappa shape index (κ2) is 7.41. The second-order valence-corrected chi connectivity index (χ2v) is 5.26. The molecule has 0 bridgehead atoms. The van der Waals surface area contributed by atoms with Gasteiger partial charge in [0, 0.05) is 25.2 Å². The lowest BCUT2D eigenvalue weighted by atomic mass is 10.0. The number of carbonyl (C=O) groups excluding carboxylic acids is 2. The summed E-state index contributed by atoms with van der Waals surface area (Å²) >= 11 is 0. The Morgan fingerprint density at radius 2 is 1.00 bits per heavy atom. The fourth-order valence-corrected chi connectivity index (χ4v) is 2.20. The average Bonchev–Trinajstić information content (AvgIpc) is 2.47. The summed E-state index contributed by atoms with van der Waals surface area (Å²) in [4.78, 5) is 21.9. The van der Waals surface area contributed by atoms with Gasteiger partial charge in [0.1, 0.15) is 0 Å². The SMILES string of the molecule is CC(=O)Nc1ccc(CCc2ccc(NC(C)=O)cc2)cc1. The van der Waals surface area contributed by atoms with Gasteiger partial charge >= 0.3 is 0 Å². The van der Waals surface area contributed by atoms with E-state index in [9.17, 15) is 9.59 Å². The molecule has 0 radical (unpaired) electrons. The van der Waals surface area contributed by atoms with Crippen LogP contribution in [0, 0.1) is 0 Å². The molecule has 2 aromatic carbocycles. The first-order chi connectivity index (χ1) is 10.5. The molecule has 0 aromatic heterocycles. The number of carbonyl (C=O) groups is 2. The first kappa shape index (κ1) is 15.8. The summed E-state index contributed by atoms with van der Waals surface area (Å²) < 4.78 is 0. The maximum Gasteiger partial charge on any atom is 0.221 e. The van der Waals surface area contributed by atoms with Crippen LogP contribution in [0.2, 0.25) is 0 Å². The van der Waals surface area contributed by atoms with Crippen molar-refractivity contribution in [3.8, 4) is 0 Å². The van der Waals surface area contributed by atoms with Crippen molar-refractivity contribution in [2.24, 2.45) is 0 Å². The molecule has 2 N–H and O–H groups in total. The Morgan fingerprint density at radius 1 is 0.682 bits per heavy atom. The minimum absolute atomic E-state index is 0.0630. The first-order valence-electron chi connectivity index (χ1n) is 7.26. The predicted molar refractivity (Wildman–Crippen MR) is 88.9 cm³/mol. The van der Waals surface area contributed by atoms with E-state index in [1.165, 1.54) is 25.0 Å². The van der Waals surface area contributed by atoms with Gasteiger partial charge in [0.25, 0.3) is 0 Å². The van der Waals surface area contributed by atoms with Gasteiger partial charge in [0.2, 0.25) is 11.8 Å². The third kappa shape index (κ3) is 5.05. The number of rotatable bonds is 5. The molecule has 0 saturated carbocycles. The molecule has 22 heavy (non-hydrogen) atoms. The summed E-state index contributed by atoms with van der Waals surface area (Å²) in [5, 5.41) is 5.51. The van der Waals surface area contributed by atoms with Crippen LogP contribution in [-0.2, 0) is 22.4 Å². The average molecular weight is 296 g/mol. The van der Waals surface area contributed by atoms with E-state index in [1.807, 2.05) is 48.5 Å². The van der Waals surface area contributed by atoms with Crippen molar-refractivity contribution in [2.45, 2.75) is 26.7 Å². The molecule has 0 aliphatic carbocycles. The summed E-state index contributed by atoms with van der Waals surface area (Å²) in [6.07, 6.45) is 1.86. The van der Waals surface area contributed by atoms with E-state index >= 15 is 0 Å². The van der Waals surface area contributed by atoms with E-state index in [0.29, 0.717) is 0 Å². The Kier molecular flexibility index (Phi) is 5.31. The summed E-state index contributed by atoms with van der Waals surface area (Å²) in [6.45, 7) is 3.00. The van der Waals surface area contributed by atoms with Gasteiger partial charge in [0.05, 0.1) is 0 Å². The molecule has 4 heteroatoms. The highest BCUT2D eigenvalue weighted by atomic mass is 16.2. The zero-order valence-corrected chi connectivity index (χ0v) is 12.8. The maximum atomic E-state index is 11.0. The van der Waals surface area contributed by atoms with Crippen LogP contribution in [0.4, 0.5) is 11.4 Å². The second-order valence-electron chi connectivity index (χ2n) is 5.26. The zero-order chi connectivity index (χ0) is 15.9. The van der Waals surface area contributed by atoms with Crippen molar-refractivity contribution in [1.82, 2.24) is 0 Å². The lowest BCUT2D eigenvalue weighted by molar-refractivity contribution is -0.115. The molecule has 0 atom stereocenters. The molecule has 0 heterocycles. The largest absolute Gasteiger partial charge is 0.326 e. The number of benzene rings is 2. The van der Waals surface area contributed by atoms with Gasteiger partial charge in [-0.1, -0.05) is 24.3 Å². The van der Waals surface area contributed by atoms with Gasteiger partial charge < -0.3 is 10.6 Å². The van der Waals surface area contributed by atoms with E-state index in [4.69, 9.17) is 0 Å². The fourth-order valence-electron chi connectivity index (χ4n) is 2.20. The molecule has 0 aliphatic heterocycles. The maximum absolute atomic E-state index is 11.0. The molecule has 0 unspecified atom stereocenters. The number of hydrogen-bond donors (Lipinski definition) is 2. The van der Waals surface area contributed by atoms with Crippen molar-refractivity contribution in [2.75, 3.05) is 10.6 Å². The van der Waals surface area contributed by atoms with Crippen molar-refractivity contribution in [3.05, 3.63) is 59.7 Å². The quantitative estimate of drug-likeness (QED) is 0.888. The third-order valence-corrected chi connectivity index (χ3v) is 3.25. The molecule has 2 amide bonds. The molecule has 0 fully saturated rings. The standard InChI is InChI=1S/C18H20N2O2/c1-13(21)19-17-9-5-15(6-10-17)3-4-16-7-11-18(12-8-16)20-14(2)22/h5-12H,3-4H2,1-2H3,(H,19,21)(H,20,22). The minimum Gasteiger partial charge on any atom is -0.326 e. The Balaban J connectivity index is 1.89. The highest BCUT2D eigenvalue weighted by Crippen LogP contribution is 2.14. The van der Waals surface area contributed by atoms with Gasteiger partial charge in [-0.3, -0.25) is 9.59 Å². The summed E-state index contributed by atoms with van der Waals surface area (Å²) in [5.41, 5.74) is 4.08. The van der Waals surface area contributed by atoms with Gasteiger partial charge in [-0.05, 0) is 48.2 Å². The third-order valence-electron chi connectivity index (χ3n) is 3.25. The summed E-state index contributed by atoms with van der Waals surface area (Å²) in [6, 6.07) is 15.8. The van der Waals surface area contributed by atoms with Crippen molar-refractivity contribution in [3.63, 3.8) is 0 Å². The van der Waals surface area contributed by atoms with Crippen LogP contribution in [0.15, 0.2) is 48.5 Å². The molecule has 4 nitrogen and oxygen atoms in total. The van der Waals surface area contributed by atoms with E-state index in [2.05, 4.69) is 10.6 Å².